The van der Waals surface area contributed by atoms with Crippen molar-refractivity contribution in [1.82, 2.24) is 0 Å². The fourth-order valence-corrected chi connectivity index (χ4v) is 8.43. The van der Waals surface area contributed by atoms with E-state index in [1.807, 2.05) is 0 Å². The van der Waals surface area contributed by atoms with Gasteiger partial charge in [0.25, 0.3) is 0 Å². The van der Waals surface area contributed by atoms with Gasteiger partial charge >= 0.3 is 0 Å². The third-order valence-electron chi connectivity index (χ3n) is 5.30. The molecule has 0 bridgehead atoms. The van der Waals surface area contributed by atoms with E-state index in [-0.39, 0.29) is 0 Å². The molecule has 0 heterocycles. The molecule has 2 aliphatic rings. The maximum absolute atomic E-state index is 11.5. The molecule has 0 aromatic heterocycles. The normalized spacial score (nSPS) is 24.5. The summed E-state index contributed by atoms with van der Waals surface area (Å²) in [5.41, 5.74) is 0.860. The molecule has 2 nitrogen and oxygen atoms in total. The van der Waals surface area contributed by atoms with Gasteiger partial charge in [0.2, 0.25) is 0 Å². The summed E-state index contributed by atoms with van der Waals surface area (Å²) >= 11 is 0. The maximum atomic E-state index is 11.5. The van der Waals surface area contributed by atoms with Crippen LogP contribution in [0.1, 0.15) is 72.1 Å². The van der Waals surface area contributed by atoms with Gasteiger partial charge < -0.3 is 4.43 Å². The van der Waals surface area contributed by atoms with E-state index in [2.05, 4.69) is 33.9 Å². The lowest BCUT2D eigenvalue weighted by molar-refractivity contribution is -0.123. The number of hydrogen-bond donors (Lipinski definition) is 0. The molecule has 0 amide bonds. The van der Waals surface area contributed by atoms with Crippen LogP contribution in [0, 0.1) is 10.8 Å². The van der Waals surface area contributed by atoms with Crippen molar-refractivity contribution in [1.29, 1.82) is 0 Å². The van der Waals surface area contributed by atoms with Crippen molar-refractivity contribution in [2.75, 3.05) is 0 Å². The molecular formula is C18H34O2Si. The van der Waals surface area contributed by atoms with Crippen LogP contribution >= 0.6 is 0 Å². The summed E-state index contributed by atoms with van der Waals surface area (Å²) in [5, 5.41) is 0. The van der Waals surface area contributed by atoms with Crippen LogP contribution in [0.5, 0.6) is 0 Å². The summed E-state index contributed by atoms with van der Waals surface area (Å²) < 4.78 is 6.58. The van der Waals surface area contributed by atoms with Crippen LogP contribution in [0.4, 0.5) is 0 Å². The Hall–Kier alpha value is -0.153. The van der Waals surface area contributed by atoms with Gasteiger partial charge in [0.05, 0.1) is 0 Å². The molecule has 0 aromatic carbocycles. The van der Waals surface area contributed by atoms with Crippen molar-refractivity contribution in [3.05, 3.63) is 0 Å². The van der Waals surface area contributed by atoms with E-state index in [4.69, 9.17) is 4.43 Å². The lowest BCUT2D eigenvalue weighted by atomic mass is 9.65. The third-order valence-corrected chi connectivity index (χ3v) is 8.19. The molecule has 3 heteroatoms. The van der Waals surface area contributed by atoms with Crippen LogP contribution in [0.25, 0.3) is 0 Å². The van der Waals surface area contributed by atoms with Crippen LogP contribution in [-0.4, -0.2) is 20.2 Å². The number of hydrogen-bond acceptors (Lipinski definition) is 2. The highest BCUT2D eigenvalue weighted by atomic mass is 28.4. The Bertz CT molecular complexity index is 361. The number of rotatable bonds is 3. The molecule has 0 saturated heterocycles. The molecule has 0 radical (unpaired) electrons. The molecule has 2 fully saturated rings. The molecule has 2 saturated carbocycles. The van der Waals surface area contributed by atoms with Crippen LogP contribution in [0.2, 0.25) is 19.1 Å². The van der Waals surface area contributed by atoms with Gasteiger partial charge in [-0.15, -0.1) is 0 Å². The largest absolute Gasteiger partial charge is 0.414 e. The fraction of sp³-hybridized carbons (Fsp3) is 0.944. The summed E-state index contributed by atoms with van der Waals surface area (Å²) in [6.45, 7) is 11.7. The molecule has 0 aromatic rings. The number of ketones is 1. The summed E-state index contributed by atoms with van der Waals surface area (Å²) in [7, 11) is -1.55. The summed E-state index contributed by atoms with van der Waals surface area (Å²) in [6.07, 6.45) is 9.42. The first-order valence-electron chi connectivity index (χ1n) is 8.79. The van der Waals surface area contributed by atoms with Gasteiger partial charge in [-0.1, -0.05) is 20.8 Å². The van der Waals surface area contributed by atoms with E-state index in [1.165, 1.54) is 31.7 Å². The lowest BCUT2D eigenvalue weighted by Crippen LogP contribution is -2.42. The highest BCUT2D eigenvalue weighted by molar-refractivity contribution is 6.71. The zero-order valence-electron chi connectivity index (χ0n) is 14.8. The lowest BCUT2D eigenvalue weighted by Gasteiger charge is -2.44. The first kappa shape index (κ1) is 17.2. The van der Waals surface area contributed by atoms with Crippen molar-refractivity contribution in [3.8, 4) is 0 Å². The second-order valence-electron chi connectivity index (χ2n) is 9.35. The molecule has 2 aliphatic carbocycles. The monoisotopic (exact) mass is 310 g/mol. The van der Waals surface area contributed by atoms with Gasteiger partial charge in [0.15, 0.2) is 8.32 Å². The zero-order valence-corrected chi connectivity index (χ0v) is 15.8. The molecule has 0 atom stereocenters. The standard InChI is InChI=1S/C18H34O2Si/c1-17(2,3)14-21(4,5)20-16-8-12-18(13-9-16)10-6-15(19)7-11-18/h16H,6-14H2,1-5H3. The topological polar surface area (TPSA) is 26.3 Å². The summed E-state index contributed by atoms with van der Waals surface area (Å²) in [6, 6.07) is 1.23. The quantitative estimate of drug-likeness (QED) is 0.659. The Labute approximate surface area is 132 Å². The molecule has 0 unspecified atom stereocenters. The molecule has 0 N–H and O–H groups in total. The average Bonchev–Trinajstić information content (AvgIpc) is 2.33. The first-order valence-corrected chi connectivity index (χ1v) is 11.9. The second-order valence-corrected chi connectivity index (χ2v) is 13.5. The Kier molecular flexibility index (Phi) is 5.04. The van der Waals surface area contributed by atoms with Crippen molar-refractivity contribution < 1.29 is 9.22 Å². The van der Waals surface area contributed by atoms with E-state index in [1.54, 1.807) is 0 Å². The van der Waals surface area contributed by atoms with Crippen molar-refractivity contribution in [2.45, 2.75) is 97.4 Å². The van der Waals surface area contributed by atoms with E-state index in [9.17, 15) is 4.79 Å². The van der Waals surface area contributed by atoms with Gasteiger partial charge in [-0.25, -0.2) is 0 Å². The van der Waals surface area contributed by atoms with Gasteiger partial charge in [-0.05, 0) is 68.5 Å². The minimum atomic E-state index is -1.55. The third kappa shape index (κ3) is 5.21. The number of Topliss-reactive ketones (excluding diaryl/α,β-unsaturated/α-hetero) is 1. The SMILES string of the molecule is CC(C)(C)C[Si](C)(C)OC1CCC2(CCC(=O)CC2)CC1. The molecular weight excluding hydrogens is 276 g/mol. The highest BCUT2D eigenvalue weighted by Crippen LogP contribution is 2.47. The molecule has 2 rings (SSSR count). The van der Waals surface area contributed by atoms with Crippen LogP contribution in [0.15, 0.2) is 0 Å². The molecule has 122 valence electrons. The minimum absolute atomic E-state index is 0.370. The highest BCUT2D eigenvalue weighted by Gasteiger charge is 2.40. The Morgan fingerprint density at radius 1 is 1.10 bits per heavy atom. The van der Waals surface area contributed by atoms with Gasteiger partial charge in [-0.3, -0.25) is 4.79 Å². The van der Waals surface area contributed by atoms with Crippen LogP contribution < -0.4 is 0 Å². The average molecular weight is 311 g/mol. The smallest absolute Gasteiger partial charge is 0.187 e. The van der Waals surface area contributed by atoms with Crippen molar-refractivity contribution >= 4 is 14.1 Å². The van der Waals surface area contributed by atoms with Crippen LogP contribution in [0.3, 0.4) is 0 Å². The van der Waals surface area contributed by atoms with E-state index < -0.39 is 8.32 Å². The molecule has 0 aliphatic heterocycles. The Balaban J connectivity index is 1.82. The number of carbonyl (C=O) groups excluding carboxylic acids is 1. The van der Waals surface area contributed by atoms with Gasteiger partial charge in [0, 0.05) is 18.9 Å². The molecule has 1 spiro atoms. The predicted molar refractivity (Wildman–Crippen MR) is 91.0 cm³/mol. The zero-order chi connectivity index (χ0) is 15.7. The molecule has 21 heavy (non-hydrogen) atoms. The Morgan fingerprint density at radius 2 is 1.62 bits per heavy atom. The van der Waals surface area contributed by atoms with E-state index in [0.717, 1.165) is 25.7 Å². The second kappa shape index (κ2) is 6.15. The van der Waals surface area contributed by atoms with Gasteiger partial charge in [0.1, 0.15) is 5.78 Å². The van der Waals surface area contributed by atoms with E-state index in [0.29, 0.717) is 22.7 Å². The van der Waals surface area contributed by atoms with Gasteiger partial charge in [-0.2, -0.15) is 0 Å². The van der Waals surface area contributed by atoms with Crippen molar-refractivity contribution in [2.24, 2.45) is 10.8 Å². The van der Waals surface area contributed by atoms with Crippen molar-refractivity contribution in [3.63, 3.8) is 0 Å². The maximum Gasteiger partial charge on any atom is 0.187 e. The fourth-order valence-electron chi connectivity index (χ4n) is 4.65. The van der Waals surface area contributed by atoms with Crippen LogP contribution in [-0.2, 0) is 9.22 Å². The Morgan fingerprint density at radius 3 is 2.10 bits per heavy atom. The first-order chi connectivity index (χ1) is 9.59. The summed E-state index contributed by atoms with van der Waals surface area (Å²) in [4.78, 5) is 11.5. The minimum Gasteiger partial charge on any atom is -0.414 e. The number of carbonyl (C=O) groups is 1. The predicted octanol–water partition coefficient (Wildman–Crippen LogP) is 5.33. The van der Waals surface area contributed by atoms with E-state index >= 15 is 0 Å². The summed E-state index contributed by atoms with van der Waals surface area (Å²) in [5.74, 6) is 0.484.